The molecule has 0 aliphatic heterocycles. The predicted molar refractivity (Wildman–Crippen MR) is 56.6 cm³/mol. The van der Waals surface area contributed by atoms with Crippen molar-refractivity contribution in [3.63, 3.8) is 0 Å². The molecule has 0 spiro atoms. The molecule has 1 aromatic carbocycles. The van der Waals surface area contributed by atoms with Crippen LogP contribution < -0.4 is 3.56 Å². The first kappa shape index (κ1) is 13.3. The molecule has 16 heavy (non-hydrogen) atoms. The second kappa shape index (κ2) is 5.51. The van der Waals surface area contributed by atoms with E-state index in [0.717, 1.165) is 12.6 Å². The zero-order valence-corrected chi connectivity index (χ0v) is 11.2. The van der Waals surface area contributed by atoms with E-state index in [9.17, 15) is 13.0 Å². The van der Waals surface area contributed by atoms with Crippen molar-refractivity contribution in [1.29, 1.82) is 0 Å². The first-order valence-electron chi connectivity index (χ1n) is 4.16. The Morgan fingerprint density at radius 1 is 1.44 bits per heavy atom. The van der Waals surface area contributed by atoms with E-state index in [1.54, 1.807) is 0 Å². The Morgan fingerprint density at radius 2 is 2.00 bits per heavy atom. The summed E-state index contributed by atoms with van der Waals surface area (Å²) in [6, 6.07) is 8.23. The molecule has 0 unspecified atom stereocenters. The van der Waals surface area contributed by atoms with E-state index in [-0.39, 0.29) is 0 Å². The fourth-order valence-corrected chi connectivity index (χ4v) is 2.23. The van der Waals surface area contributed by atoms with E-state index >= 15 is 0 Å². The third-order valence-electron chi connectivity index (χ3n) is 1.69. The summed E-state index contributed by atoms with van der Waals surface area (Å²) in [5.41, 5.74) is 2.41. The van der Waals surface area contributed by atoms with Crippen molar-refractivity contribution >= 4 is 36.4 Å². The van der Waals surface area contributed by atoms with Gasteiger partial charge in [0, 0.05) is 0 Å². The normalized spacial score (nSPS) is 10.9. The molecule has 0 radical (unpaired) electrons. The molecule has 0 saturated heterocycles. The van der Waals surface area contributed by atoms with Crippen LogP contribution in [0.4, 0.5) is 0 Å². The maximum absolute atomic E-state index is 9.22. The fraction of sp³-hybridized carbons (Fsp3) is 0.250. The van der Waals surface area contributed by atoms with Crippen LogP contribution in [0.15, 0.2) is 24.3 Å². The average molecular weight is 309 g/mol. The quantitative estimate of drug-likeness (QED) is 0.392. The van der Waals surface area contributed by atoms with E-state index in [2.05, 4.69) is 30.9 Å². The molecule has 1 aromatic heterocycles. The van der Waals surface area contributed by atoms with Crippen molar-refractivity contribution < 1.29 is 20.7 Å². The van der Waals surface area contributed by atoms with Crippen LogP contribution in [0.3, 0.4) is 0 Å². The number of benzene rings is 1. The van der Waals surface area contributed by atoms with E-state index in [1.807, 2.05) is 12.1 Å². The van der Waals surface area contributed by atoms with E-state index < -0.39 is 10.4 Å². The van der Waals surface area contributed by atoms with Crippen LogP contribution in [0.2, 0.25) is 0 Å². The van der Waals surface area contributed by atoms with Crippen LogP contribution in [0.5, 0.6) is 0 Å². The van der Waals surface area contributed by atoms with Gasteiger partial charge in [0.05, 0.1) is 7.11 Å². The summed E-state index contributed by atoms with van der Waals surface area (Å²) in [6.07, 6.45) is 0. The van der Waals surface area contributed by atoms with Gasteiger partial charge in [-0.25, -0.2) is 8.42 Å². The van der Waals surface area contributed by atoms with Crippen LogP contribution in [-0.4, -0.2) is 39.0 Å². The van der Waals surface area contributed by atoms with Gasteiger partial charge in [-0.2, -0.15) is 0 Å². The van der Waals surface area contributed by atoms with Crippen LogP contribution in [0, 0.1) is 0 Å². The van der Waals surface area contributed by atoms with Crippen molar-refractivity contribution in [2.75, 3.05) is 7.11 Å². The second-order valence-electron chi connectivity index (χ2n) is 2.73. The molecule has 0 aliphatic carbocycles. The van der Waals surface area contributed by atoms with Gasteiger partial charge in [-0.1, -0.05) is 0 Å². The Morgan fingerprint density at radius 3 is 2.50 bits per heavy atom. The molecule has 0 aliphatic rings. The maximum atomic E-state index is 9.22. The minimum absolute atomic E-state index is 0.295. The molecular weight excluding hydrogens is 299 g/mol. The van der Waals surface area contributed by atoms with Gasteiger partial charge in [0.1, 0.15) is 0 Å². The van der Waals surface area contributed by atoms with Gasteiger partial charge in [-0.05, 0) is 0 Å². The molecule has 0 N–H and O–H groups in total. The Balaban J connectivity index is 0.000000187. The molecule has 0 atom stereocenters. The predicted octanol–water partition coefficient (Wildman–Crippen LogP) is -0.791. The summed E-state index contributed by atoms with van der Waals surface area (Å²) in [5.74, 6) is 0. The summed E-state index contributed by atoms with van der Waals surface area (Å²) >= 11 is 0.295. The van der Waals surface area contributed by atoms with Crippen LogP contribution >= 0.6 is 0 Å². The van der Waals surface area contributed by atoms with E-state index in [4.69, 9.17) is 0 Å². The molecule has 6 nitrogen and oxygen atoms in total. The third-order valence-corrected chi connectivity index (χ3v) is 3.61. The molecule has 0 saturated carbocycles. The van der Waals surface area contributed by atoms with Gasteiger partial charge in [-0.3, -0.25) is 4.18 Å². The standard InChI is InChI=1S/C7H7N2Se.CH4O4S/c1-9-7-5-3-2-4-6(7)8-10-9;1-5-6(2,3)4/h2-5H,1H3;1H3,(H,2,3,4)/q+1;/p-1. The molecule has 0 bridgehead atoms. The number of nitrogens with zero attached hydrogens (tertiary/aromatic N) is 2. The number of aromatic nitrogens is 2. The molecular formula is C8H10N2O4SSe. The summed E-state index contributed by atoms with van der Waals surface area (Å²) in [4.78, 5) is 0. The number of hydrogen-bond donors (Lipinski definition) is 0. The number of rotatable bonds is 1. The van der Waals surface area contributed by atoms with Crippen molar-refractivity contribution in [3.05, 3.63) is 24.3 Å². The molecule has 1 heterocycles. The first-order chi connectivity index (χ1) is 7.44. The second-order valence-corrected chi connectivity index (χ2v) is 5.76. The van der Waals surface area contributed by atoms with Gasteiger partial charge in [-0.15, -0.1) is 0 Å². The number of aryl methyl sites for hydroxylation is 1. The monoisotopic (exact) mass is 310 g/mol. The van der Waals surface area contributed by atoms with Crippen LogP contribution in [-0.2, 0) is 21.6 Å². The molecule has 2 rings (SSSR count). The molecule has 0 amide bonds. The Bertz CT molecular complexity index is 566. The molecule has 88 valence electrons. The zero-order valence-electron chi connectivity index (χ0n) is 8.65. The van der Waals surface area contributed by atoms with Crippen molar-refractivity contribution in [2.45, 2.75) is 0 Å². The summed E-state index contributed by atoms with van der Waals surface area (Å²) in [5, 5.41) is 0. The van der Waals surface area contributed by atoms with Crippen molar-refractivity contribution in [2.24, 2.45) is 7.05 Å². The van der Waals surface area contributed by atoms with Gasteiger partial charge in [0.15, 0.2) is 0 Å². The SMILES string of the molecule is COS(=O)(=O)[O-].C[n+]1[se]nc2ccccc21. The summed E-state index contributed by atoms with van der Waals surface area (Å²) in [7, 11) is -1.53. The van der Waals surface area contributed by atoms with Crippen LogP contribution in [0.1, 0.15) is 0 Å². The third kappa shape index (κ3) is 3.99. The van der Waals surface area contributed by atoms with Gasteiger partial charge in [0.2, 0.25) is 10.4 Å². The fourth-order valence-electron chi connectivity index (χ4n) is 0.957. The zero-order chi connectivity index (χ0) is 12.2. The molecule has 8 heteroatoms. The summed E-state index contributed by atoms with van der Waals surface area (Å²) < 4.78 is 37.6. The average Bonchev–Trinajstić information content (AvgIpc) is 2.61. The number of fused-ring (bicyclic) bond motifs is 1. The Kier molecular flexibility index (Phi) is 4.57. The Hall–Kier alpha value is -0.791. The molecule has 0 fully saturated rings. The van der Waals surface area contributed by atoms with E-state index in [1.165, 1.54) is 5.52 Å². The number of hydrogen-bond acceptors (Lipinski definition) is 5. The van der Waals surface area contributed by atoms with Crippen molar-refractivity contribution in [3.8, 4) is 0 Å². The first-order valence-corrected chi connectivity index (χ1v) is 7.03. The molecule has 2 aromatic rings. The minimum atomic E-state index is -4.41. The van der Waals surface area contributed by atoms with Gasteiger partial charge < -0.3 is 4.55 Å². The summed E-state index contributed by atoms with van der Waals surface area (Å²) in [6.45, 7) is 0. The van der Waals surface area contributed by atoms with Crippen molar-refractivity contribution in [1.82, 2.24) is 3.98 Å². The Labute approximate surface area is 99.6 Å². The van der Waals surface area contributed by atoms with Gasteiger partial charge >= 0.3 is 64.9 Å². The number of para-hydroxylation sites is 1. The topological polar surface area (TPSA) is 83.2 Å². The van der Waals surface area contributed by atoms with E-state index in [0.29, 0.717) is 15.0 Å². The van der Waals surface area contributed by atoms with Gasteiger partial charge in [0.25, 0.3) is 0 Å². The van der Waals surface area contributed by atoms with Crippen LogP contribution in [0.25, 0.3) is 11.0 Å².